The number of thiol groups is 1. The van der Waals surface area contributed by atoms with E-state index in [9.17, 15) is 14.9 Å². The number of likely N-dealkylation sites (tertiary alicyclic amines) is 1. The Hall–Kier alpha value is -1.30. The quantitative estimate of drug-likeness (QED) is 0.475. The number of fused-ring (bicyclic) bond motifs is 1. The van der Waals surface area contributed by atoms with Gasteiger partial charge in [-0.25, -0.2) is 0 Å². The van der Waals surface area contributed by atoms with Gasteiger partial charge in [-0.3, -0.25) is 14.5 Å². The van der Waals surface area contributed by atoms with Crippen molar-refractivity contribution >= 4 is 24.5 Å². The SMILES string of the molecule is CN(C)[C@@H](CS)C(=O)OC12CC3CC(C1)CC([C@H](N)C(=O)N1[C@H](C#N)C[C@@H]4C[C@@H]41)(C3)C2. The summed E-state index contributed by atoms with van der Waals surface area (Å²) in [6, 6.07) is 1.19. The first-order valence-electron chi connectivity index (χ1n) is 11.7. The number of amides is 1. The van der Waals surface area contributed by atoms with Gasteiger partial charge in [0.15, 0.2) is 0 Å². The zero-order chi connectivity index (χ0) is 22.1. The Labute approximate surface area is 190 Å². The Balaban J connectivity index is 1.38. The van der Waals surface area contributed by atoms with Gasteiger partial charge in [-0.05, 0) is 88.6 Å². The molecule has 5 aliphatic carbocycles. The van der Waals surface area contributed by atoms with E-state index in [0.29, 0.717) is 29.9 Å². The van der Waals surface area contributed by atoms with Crippen LogP contribution >= 0.6 is 12.6 Å². The van der Waals surface area contributed by atoms with E-state index in [4.69, 9.17) is 10.5 Å². The molecular formula is C23H34N4O3S. The molecule has 0 radical (unpaired) electrons. The van der Waals surface area contributed by atoms with E-state index >= 15 is 0 Å². The third-order valence-electron chi connectivity index (χ3n) is 8.87. The van der Waals surface area contributed by atoms with Crippen molar-refractivity contribution in [3.63, 3.8) is 0 Å². The number of nitrogens with two attached hydrogens (primary N) is 1. The number of nitriles is 1. The van der Waals surface area contributed by atoms with Gasteiger partial charge >= 0.3 is 5.97 Å². The number of piperidine rings is 1. The van der Waals surface area contributed by atoms with E-state index in [1.54, 1.807) is 4.90 Å². The van der Waals surface area contributed by atoms with E-state index in [-0.39, 0.29) is 35.4 Å². The maximum Gasteiger partial charge on any atom is 0.324 e. The van der Waals surface area contributed by atoms with Crippen molar-refractivity contribution in [3.8, 4) is 6.07 Å². The first-order chi connectivity index (χ1) is 14.7. The van der Waals surface area contributed by atoms with Gasteiger partial charge in [0.25, 0.3) is 0 Å². The molecule has 1 saturated heterocycles. The number of likely N-dealkylation sites (N-methyl/N-ethyl adjacent to an activating group) is 1. The monoisotopic (exact) mass is 446 g/mol. The van der Waals surface area contributed by atoms with Crippen molar-refractivity contribution in [1.29, 1.82) is 5.26 Å². The highest BCUT2D eigenvalue weighted by molar-refractivity contribution is 7.80. The van der Waals surface area contributed by atoms with E-state index in [1.807, 2.05) is 19.0 Å². The number of carbonyl (C=O) groups is 2. The second kappa shape index (κ2) is 7.36. The van der Waals surface area contributed by atoms with Crippen molar-refractivity contribution in [2.75, 3.05) is 19.8 Å². The second-order valence-electron chi connectivity index (χ2n) is 11.3. The van der Waals surface area contributed by atoms with Gasteiger partial charge in [-0.15, -0.1) is 0 Å². The largest absolute Gasteiger partial charge is 0.458 e. The van der Waals surface area contributed by atoms with Gasteiger partial charge in [0.1, 0.15) is 17.7 Å². The molecule has 0 aromatic carbocycles. The van der Waals surface area contributed by atoms with Gasteiger partial charge in [0, 0.05) is 11.8 Å². The highest BCUT2D eigenvalue weighted by Gasteiger charge is 2.64. The molecule has 7 atom stereocenters. The number of hydrogen-bond acceptors (Lipinski definition) is 7. The lowest BCUT2D eigenvalue weighted by atomic mass is 9.46. The molecule has 4 bridgehead atoms. The van der Waals surface area contributed by atoms with Crippen LogP contribution in [0.3, 0.4) is 0 Å². The first kappa shape index (κ1) is 21.5. The Morgan fingerprint density at radius 1 is 1.23 bits per heavy atom. The average molecular weight is 447 g/mol. The van der Waals surface area contributed by atoms with Crippen molar-refractivity contribution in [3.05, 3.63) is 0 Å². The van der Waals surface area contributed by atoms with Crippen molar-refractivity contribution in [2.45, 2.75) is 81.1 Å². The van der Waals surface area contributed by atoms with Crippen molar-refractivity contribution < 1.29 is 14.3 Å². The molecule has 1 amide bonds. The van der Waals surface area contributed by atoms with Crippen LogP contribution in [0, 0.1) is 34.5 Å². The predicted molar refractivity (Wildman–Crippen MR) is 118 cm³/mol. The molecule has 170 valence electrons. The number of carbonyl (C=O) groups excluding carboxylic acids is 2. The fraction of sp³-hybridized carbons (Fsp3) is 0.870. The number of nitrogens with zero attached hydrogens (tertiary/aromatic N) is 3. The molecule has 0 aromatic rings. The molecule has 8 heteroatoms. The van der Waals surface area contributed by atoms with E-state index in [1.165, 1.54) is 0 Å². The Kier molecular flexibility index (Phi) is 5.11. The number of esters is 1. The fourth-order valence-corrected chi connectivity index (χ4v) is 8.25. The molecule has 6 fully saturated rings. The first-order valence-corrected chi connectivity index (χ1v) is 12.3. The summed E-state index contributed by atoms with van der Waals surface area (Å²) < 4.78 is 6.25. The zero-order valence-corrected chi connectivity index (χ0v) is 19.4. The molecule has 1 aliphatic heterocycles. The molecule has 0 aromatic heterocycles. The lowest BCUT2D eigenvalue weighted by Crippen LogP contribution is -2.66. The maximum atomic E-state index is 13.6. The van der Waals surface area contributed by atoms with Crippen LogP contribution in [-0.4, -0.2) is 71.3 Å². The molecule has 0 spiro atoms. The predicted octanol–water partition coefficient (Wildman–Crippen LogP) is 1.57. The van der Waals surface area contributed by atoms with Crippen LogP contribution < -0.4 is 5.73 Å². The smallest absolute Gasteiger partial charge is 0.324 e. The summed E-state index contributed by atoms with van der Waals surface area (Å²) >= 11 is 4.34. The standard InChI is InChI=1S/C23H34N4O3S/c1-26(2)18(11-31)21(29)30-23-8-13-3-14(9-23)7-22(6-13,12-23)19(25)20(28)27-16(10-24)4-15-5-17(15)27/h13-19,31H,3-9,11-12,25H2,1-2H3/t13?,14?,15-,16+,17+,18+,19-,22?,23?/m1/s1. The van der Waals surface area contributed by atoms with Crippen LogP contribution in [0.5, 0.6) is 0 Å². The van der Waals surface area contributed by atoms with Gasteiger partial charge in [0.2, 0.25) is 5.91 Å². The number of ether oxygens (including phenoxy) is 1. The highest BCUT2D eigenvalue weighted by atomic mass is 32.1. The summed E-state index contributed by atoms with van der Waals surface area (Å²) in [5.74, 6) is 1.50. The molecule has 31 heavy (non-hydrogen) atoms. The Morgan fingerprint density at radius 3 is 2.48 bits per heavy atom. The molecule has 7 nitrogen and oxygen atoms in total. The van der Waals surface area contributed by atoms with Gasteiger partial charge < -0.3 is 15.4 Å². The minimum absolute atomic E-state index is 0.0542. The summed E-state index contributed by atoms with van der Waals surface area (Å²) in [6.07, 6.45) is 7.20. The highest BCUT2D eigenvalue weighted by Crippen LogP contribution is 2.64. The zero-order valence-electron chi connectivity index (χ0n) is 18.5. The summed E-state index contributed by atoms with van der Waals surface area (Å²) in [7, 11) is 3.73. The van der Waals surface area contributed by atoms with Crippen molar-refractivity contribution in [1.82, 2.24) is 9.80 Å². The minimum Gasteiger partial charge on any atom is -0.458 e. The summed E-state index contributed by atoms with van der Waals surface area (Å²) in [5.41, 5.74) is 5.91. The Bertz CT molecular complexity index is 812. The third-order valence-corrected chi connectivity index (χ3v) is 9.22. The van der Waals surface area contributed by atoms with Gasteiger partial charge in [-0.2, -0.15) is 17.9 Å². The lowest BCUT2D eigenvalue weighted by molar-refractivity contribution is -0.208. The molecule has 5 saturated carbocycles. The number of rotatable bonds is 6. The molecular weight excluding hydrogens is 412 g/mol. The fourth-order valence-electron chi connectivity index (χ4n) is 7.77. The molecule has 6 aliphatic rings. The van der Waals surface area contributed by atoms with Crippen molar-refractivity contribution in [2.24, 2.45) is 28.9 Å². The molecule has 2 unspecified atom stereocenters. The van der Waals surface area contributed by atoms with Crippen LogP contribution in [0.4, 0.5) is 0 Å². The topological polar surface area (TPSA) is 99.7 Å². The second-order valence-corrected chi connectivity index (χ2v) is 11.6. The van der Waals surface area contributed by atoms with Gasteiger partial charge in [-0.1, -0.05) is 0 Å². The maximum absolute atomic E-state index is 13.6. The van der Waals surface area contributed by atoms with Crippen LogP contribution in [0.25, 0.3) is 0 Å². The van der Waals surface area contributed by atoms with Gasteiger partial charge in [0.05, 0.1) is 12.1 Å². The third kappa shape index (κ3) is 3.39. The summed E-state index contributed by atoms with van der Waals surface area (Å²) in [6.45, 7) is 0. The lowest BCUT2D eigenvalue weighted by Gasteiger charge is -2.62. The van der Waals surface area contributed by atoms with Crippen LogP contribution in [0.2, 0.25) is 0 Å². The summed E-state index contributed by atoms with van der Waals surface area (Å²) in [4.78, 5) is 30.2. The molecule has 2 N–H and O–H groups in total. The van der Waals surface area contributed by atoms with E-state index in [0.717, 1.165) is 44.9 Å². The molecule has 6 rings (SSSR count). The van der Waals surface area contributed by atoms with Crippen LogP contribution in [0.15, 0.2) is 0 Å². The molecule has 1 heterocycles. The number of hydrogen-bond donors (Lipinski definition) is 2. The average Bonchev–Trinajstić information content (AvgIpc) is 3.35. The van der Waals surface area contributed by atoms with E-state index in [2.05, 4.69) is 18.7 Å². The summed E-state index contributed by atoms with van der Waals surface area (Å²) in [5, 5.41) is 9.55. The minimum atomic E-state index is -0.624. The van der Waals surface area contributed by atoms with Crippen LogP contribution in [0.1, 0.15) is 51.4 Å². The normalized spacial score (nSPS) is 44.0. The van der Waals surface area contributed by atoms with E-state index < -0.39 is 11.6 Å². The Morgan fingerprint density at radius 2 is 1.90 bits per heavy atom. The van der Waals surface area contributed by atoms with Crippen LogP contribution in [-0.2, 0) is 14.3 Å².